The molecule has 0 saturated heterocycles. The average Bonchev–Trinajstić information content (AvgIpc) is 2.42. The van der Waals surface area contributed by atoms with Gasteiger partial charge in [0.1, 0.15) is 5.75 Å². The van der Waals surface area contributed by atoms with Gasteiger partial charge in [0.2, 0.25) is 0 Å². The maximum Gasteiger partial charge on any atom is 0.198 e. The van der Waals surface area contributed by atoms with E-state index in [1.807, 2.05) is 26.0 Å². The molecule has 2 aromatic rings. The van der Waals surface area contributed by atoms with E-state index < -0.39 is 17.4 Å². The summed E-state index contributed by atoms with van der Waals surface area (Å²) in [5.41, 5.74) is 6.67. The fourth-order valence-corrected chi connectivity index (χ4v) is 1.99. The molecule has 2 N–H and O–H groups in total. The van der Waals surface area contributed by atoms with Crippen LogP contribution in [-0.4, -0.2) is 0 Å². The molecular weight excluding hydrogens is 260 g/mol. The van der Waals surface area contributed by atoms with Crippen LogP contribution in [0, 0.1) is 11.6 Å². The van der Waals surface area contributed by atoms with Crippen molar-refractivity contribution in [1.29, 1.82) is 0 Å². The van der Waals surface area contributed by atoms with Gasteiger partial charge in [0.05, 0.1) is 0 Å². The Morgan fingerprint density at radius 1 is 1.10 bits per heavy atom. The lowest BCUT2D eigenvalue weighted by Crippen LogP contribution is -2.01. The van der Waals surface area contributed by atoms with Crippen LogP contribution >= 0.6 is 0 Å². The van der Waals surface area contributed by atoms with Crippen LogP contribution in [0.3, 0.4) is 0 Å². The van der Waals surface area contributed by atoms with E-state index in [1.54, 1.807) is 12.1 Å². The Balaban J connectivity index is 2.40. The van der Waals surface area contributed by atoms with Crippen molar-refractivity contribution in [3.63, 3.8) is 0 Å². The number of para-hydroxylation sites is 1. The molecule has 2 aromatic carbocycles. The Morgan fingerprint density at radius 3 is 2.25 bits per heavy atom. The van der Waals surface area contributed by atoms with Gasteiger partial charge in [-0.15, -0.1) is 0 Å². The third kappa shape index (κ3) is 2.96. The second-order valence-corrected chi connectivity index (χ2v) is 4.89. The van der Waals surface area contributed by atoms with E-state index in [0.29, 0.717) is 11.3 Å². The van der Waals surface area contributed by atoms with Crippen LogP contribution in [0.2, 0.25) is 0 Å². The lowest BCUT2D eigenvalue weighted by atomic mass is 10.0. The summed E-state index contributed by atoms with van der Waals surface area (Å²) in [6.07, 6.45) is 0. The van der Waals surface area contributed by atoms with Gasteiger partial charge in [-0.1, -0.05) is 32.0 Å². The standard InChI is InChI=1S/C16H17F2NO/c1-10(2)12-5-3-4-6-15(12)20-16-13(17)7-11(9-19)8-14(16)18/h3-8,10H,9,19H2,1-2H3. The average molecular weight is 277 g/mol. The van der Waals surface area contributed by atoms with E-state index in [0.717, 1.165) is 5.56 Å². The summed E-state index contributed by atoms with van der Waals surface area (Å²) in [6.45, 7) is 4.07. The molecule has 0 bridgehead atoms. The molecule has 0 radical (unpaired) electrons. The normalized spacial score (nSPS) is 10.9. The van der Waals surface area contributed by atoms with Gasteiger partial charge in [0, 0.05) is 6.54 Å². The maximum absolute atomic E-state index is 13.9. The highest BCUT2D eigenvalue weighted by Crippen LogP contribution is 2.33. The molecule has 20 heavy (non-hydrogen) atoms. The minimum Gasteiger partial charge on any atom is -0.451 e. The van der Waals surface area contributed by atoms with Crippen molar-refractivity contribution in [2.45, 2.75) is 26.3 Å². The van der Waals surface area contributed by atoms with Crippen LogP contribution in [-0.2, 0) is 6.54 Å². The Kier molecular flexibility index (Phi) is 4.35. The molecule has 0 aliphatic heterocycles. The first kappa shape index (κ1) is 14.5. The zero-order valence-corrected chi connectivity index (χ0v) is 11.5. The van der Waals surface area contributed by atoms with Crippen molar-refractivity contribution >= 4 is 0 Å². The van der Waals surface area contributed by atoms with Crippen molar-refractivity contribution < 1.29 is 13.5 Å². The van der Waals surface area contributed by atoms with Gasteiger partial charge in [-0.2, -0.15) is 0 Å². The summed E-state index contributed by atoms with van der Waals surface area (Å²) in [7, 11) is 0. The van der Waals surface area contributed by atoms with E-state index in [4.69, 9.17) is 10.5 Å². The fraction of sp³-hybridized carbons (Fsp3) is 0.250. The highest BCUT2D eigenvalue weighted by molar-refractivity contribution is 5.41. The first-order valence-corrected chi connectivity index (χ1v) is 6.47. The minimum atomic E-state index is -0.746. The second kappa shape index (κ2) is 6.01. The molecule has 0 amide bonds. The van der Waals surface area contributed by atoms with Crippen molar-refractivity contribution in [1.82, 2.24) is 0 Å². The summed E-state index contributed by atoms with van der Waals surface area (Å²) in [5, 5.41) is 0. The number of halogens is 2. The molecule has 0 atom stereocenters. The monoisotopic (exact) mass is 277 g/mol. The highest BCUT2D eigenvalue weighted by Gasteiger charge is 2.15. The molecule has 106 valence electrons. The highest BCUT2D eigenvalue weighted by atomic mass is 19.1. The number of rotatable bonds is 4. The Hall–Kier alpha value is -1.94. The van der Waals surface area contributed by atoms with Crippen LogP contribution < -0.4 is 10.5 Å². The topological polar surface area (TPSA) is 35.2 Å². The Bertz CT molecular complexity index is 588. The van der Waals surface area contributed by atoms with Gasteiger partial charge in [-0.25, -0.2) is 8.78 Å². The lowest BCUT2D eigenvalue weighted by Gasteiger charge is -2.14. The lowest BCUT2D eigenvalue weighted by molar-refractivity contribution is 0.401. The number of nitrogens with two attached hydrogens (primary N) is 1. The smallest absolute Gasteiger partial charge is 0.198 e. The van der Waals surface area contributed by atoms with Crippen LogP contribution in [0.25, 0.3) is 0 Å². The molecule has 0 fully saturated rings. The second-order valence-electron chi connectivity index (χ2n) is 4.89. The number of hydrogen-bond acceptors (Lipinski definition) is 2. The van der Waals surface area contributed by atoms with Crippen molar-refractivity contribution in [3.05, 3.63) is 59.2 Å². The molecule has 4 heteroatoms. The summed E-state index contributed by atoms with van der Waals surface area (Å²) >= 11 is 0. The Morgan fingerprint density at radius 2 is 1.70 bits per heavy atom. The van der Waals surface area contributed by atoms with Crippen LogP contribution in [0.5, 0.6) is 11.5 Å². The minimum absolute atomic E-state index is 0.0801. The molecule has 0 aliphatic carbocycles. The largest absolute Gasteiger partial charge is 0.451 e. The fourth-order valence-electron chi connectivity index (χ4n) is 1.99. The SMILES string of the molecule is CC(C)c1ccccc1Oc1c(F)cc(CN)cc1F. The van der Waals surface area contributed by atoms with Gasteiger partial charge < -0.3 is 10.5 Å². The quantitative estimate of drug-likeness (QED) is 0.902. The van der Waals surface area contributed by atoms with E-state index in [2.05, 4.69) is 0 Å². The van der Waals surface area contributed by atoms with Crippen LogP contribution in [0.15, 0.2) is 36.4 Å². The van der Waals surface area contributed by atoms with Gasteiger partial charge >= 0.3 is 0 Å². The summed E-state index contributed by atoms with van der Waals surface area (Å²) < 4.78 is 33.2. The third-order valence-electron chi connectivity index (χ3n) is 3.05. The molecule has 0 aliphatic rings. The van der Waals surface area contributed by atoms with Crippen LogP contribution in [0.4, 0.5) is 8.78 Å². The number of hydrogen-bond donors (Lipinski definition) is 1. The van der Waals surface area contributed by atoms with Crippen LogP contribution in [0.1, 0.15) is 30.9 Å². The predicted molar refractivity (Wildman–Crippen MR) is 74.9 cm³/mol. The van der Waals surface area contributed by atoms with Gasteiger partial charge in [-0.3, -0.25) is 0 Å². The molecule has 0 spiro atoms. The summed E-state index contributed by atoms with van der Waals surface area (Å²) in [6, 6.07) is 9.60. The number of benzene rings is 2. The molecule has 0 saturated carbocycles. The molecule has 2 nitrogen and oxygen atoms in total. The first-order chi connectivity index (χ1) is 9.52. The molecular formula is C16H17F2NO. The van der Waals surface area contributed by atoms with Gasteiger partial charge in [-0.05, 0) is 35.2 Å². The van der Waals surface area contributed by atoms with Crippen molar-refractivity contribution in [3.8, 4) is 11.5 Å². The van der Waals surface area contributed by atoms with E-state index >= 15 is 0 Å². The molecule has 0 heterocycles. The van der Waals surface area contributed by atoms with Crippen molar-refractivity contribution in [2.75, 3.05) is 0 Å². The predicted octanol–water partition coefficient (Wildman–Crippen LogP) is 4.34. The Labute approximate surface area is 117 Å². The van der Waals surface area contributed by atoms with E-state index in [-0.39, 0.29) is 12.5 Å². The zero-order chi connectivity index (χ0) is 14.7. The molecule has 2 rings (SSSR count). The first-order valence-electron chi connectivity index (χ1n) is 6.47. The third-order valence-corrected chi connectivity index (χ3v) is 3.05. The van der Waals surface area contributed by atoms with E-state index in [9.17, 15) is 8.78 Å². The van der Waals surface area contributed by atoms with E-state index in [1.165, 1.54) is 12.1 Å². The number of ether oxygens (including phenoxy) is 1. The summed E-state index contributed by atoms with van der Waals surface area (Å²) in [4.78, 5) is 0. The summed E-state index contributed by atoms with van der Waals surface area (Å²) in [5.74, 6) is -1.23. The van der Waals surface area contributed by atoms with Gasteiger partial charge in [0.25, 0.3) is 0 Å². The molecule has 0 aromatic heterocycles. The molecule has 0 unspecified atom stereocenters. The maximum atomic E-state index is 13.9. The zero-order valence-electron chi connectivity index (χ0n) is 11.5. The van der Waals surface area contributed by atoms with Crippen molar-refractivity contribution in [2.24, 2.45) is 5.73 Å². The van der Waals surface area contributed by atoms with Gasteiger partial charge in [0.15, 0.2) is 17.4 Å².